The van der Waals surface area contributed by atoms with Crippen LogP contribution in [0.15, 0.2) is 61.2 Å². The van der Waals surface area contributed by atoms with Crippen LogP contribution in [0.2, 0.25) is 0 Å². The second-order valence-corrected chi connectivity index (χ2v) is 6.99. The van der Waals surface area contributed by atoms with Crippen molar-refractivity contribution in [2.24, 2.45) is 0 Å². The summed E-state index contributed by atoms with van der Waals surface area (Å²) in [5, 5.41) is 9.46. The number of allylic oxidation sites excluding steroid dienone is 1. The van der Waals surface area contributed by atoms with Crippen molar-refractivity contribution >= 4 is 12.1 Å². The molecular weight excluding hydrogens is 354 g/mol. The fourth-order valence-electron chi connectivity index (χ4n) is 3.76. The molecule has 0 heterocycles. The van der Waals surface area contributed by atoms with E-state index in [1.807, 2.05) is 36.4 Å². The van der Waals surface area contributed by atoms with Gasteiger partial charge in [0.2, 0.25) is 0 Å². The first kappa shape index (κ1) is 19.7. The van der Waals surface area contributed by atoms with E-state index in [9.17, 15) is 14.7 Å². The van der Waals surface area contributed by atoms with E-state index in [-0.39, 0.29) is 12.5 Å². The topological polar surface area (TPSA) is 66.8 Å². The lowest BCUT2D eigenvalue weighted by Crippen LogP contribution is -2.43. The Morgan fingerprint density at radius 1 is 1.14 bits per heavy atom. The summed E-state index contributed by atoms with van der Waals surface area (Å²) in [6.45, 7) is 3.82. The van der Waals surface area contributed by atoms with Gasteiger partial charge < -0.3 is 9.84 Å². The van der Waals surface area contributed by atoms with E-state index in [0.29, 0.717) is 19.3 Å². The average molecular weight is 379 g/mol. The fourth-order valence-corrected chi connectivity index (χ4v) is 3.76. The third-order valence-electron chi connectivity index (χ3n) is 5.26. The van der Waals surface area contributed by atoms with Crippen LogP contribution in [0.4, 0.5) is 4.79 Å². The maximum atomic E-state index is 12.5. The number of ether oxygens (including phenoxy) is 1. The minimum absolute atomic E-state index is 0.0474. The number of carbonyl (C=O) groups excluding carboxylic acids is 1. The van der Waals surface area contributed by atoms with Crippen molar-refractivity contribution in [3.8, 4) is 11.1 Å². The highest BCUT2D eigenvalue weighted by atomic mass is 16.6. The summed E-state index contributed by atoms with van der Waals surface area (Å²) in [7, 11) is 1.48. The van der Waals surface area contributed by atoms with Crippen LogP contribution < -0.4 is 0 Å². The maximum absolute atomic E-state index is 12.5. The molecule has 0 aromatic heterocycles. The van der Waals surface area contributed by atoms with Crippen LogP contribution >= 0.6 is 0 Å². The third-order valence-corrected chi connectivity index (χ3v) is 5.26. The standard InChI is InChI=1S/C23H25NO4/c1-3-4-5-14-21(22(25)26)24(2)23(27)28-15-20-18-12-8-6-10-16(18)17-11-7-9-13-19(17)20/h3,6-13,20-21H,1,4-5,14-15H2,2H3,(H,25,26)/t21-/m0/s1. The zero-order chi connectivity index (χ0) is 20.1. The molecule has 0 radical (unpaired) electrons. The van der Waals surface area contributed by atoms with Crippen molar-refractivity contribution in [2.45, 2.75) is 31.2 Å². The summed E-state index contributed by atoms with van der Waals surface area (Å²) in [6, 6.07) is 15.3. The molecule has 146 valence electrons. The van der Waals surface area contributed by atoms with Gasteiger partial charge in [-0.3, -0.25) is 4.90 Å². The molecule has 28 heavy (non-hydrogen) atoms. The minimum atomic E-state index is -1.03. The van der Waals surface area contributed by atoms with Gasteiger partial charge in [-0.15, -0.1) is 6.58 Å². The Bertz CT molecular complexity index is 831. The number of amides is 1. The number of carboxylic acids is 1. The first-order valence-electron chi connectivity index (χ1n) is 9.46. The van der Waals surface area contributed by atoms with Crippen LogP contribution in [0.5, 0.6) is 0 Å². The number of fused-ring (bicyclic) bond motifs is 3. The van der Waals surface area contributed by atoms with Crippen LogP contribution in [-0.2, 0) is 9.53 Å². The Morgan fingerprint density at radius 3 is 2.25 bits per heavy atom. The Hall–Kier alpha value is -3.08. The molecule has 1 atom stereocenters. The van der Waals surface area contributed by atoms with E-state index in [2.05, 4.69) is 18.7 Å². The number of benzene rings is 2. The predicted octanol–water partition coefficient (Wildman–Crippen LogP) is 4.68. The summed E-state index contributed by atoms with van der Waals surface area (Å²) in [5.41, 5.74) is 4.56. The number of rotatable bonds is 8. The predicted molar refractivity (Wildman–Crippen MR) is 108 cm³/mol. The molecule has 1 aliphatic carbocycles. The Morgan fingerprint density at radius 2 is 1.71 bits per heavy atom. The molecule has 0 spiro atoms. The second kappa shape index (κ2) is 8.74. The Labute approximate surface area is 165 Å². The van der Waals surface area contributed by atoms with E-state index in [0.717, 1.165) is 22.3 Å². The maximum Gasteiger partial charge on any atom is 0.410 e. The Kier molecular flexibility index (Phi) is 6.14. The summed E-state index contributed by atoms with van der Waals surface area (Å²) < 4.78 is 5.54. The minimum Gasteiger partial charge on any atom is -0.480 e. The van der Waals surface area contributed by atoms with Gasteiger partial charge in [-0.1, -0.05) is 54.6 Å². The van der Waals surface area contributed by atoms with Gasteiger partial charge in [-0.05, 0) is 41.5 Å². The number of hydrogen-bond donors (Lipinski definition) is 1. The molecule has 0 unspecified atom stereocenters. The van der Waals surface area contributed by atoms with Crippen LogP contribution in [0.25, 0.3) is 11.1 Å². The van der Waals surface area contributed by atoms with Crippen LogP contribution in [0.1, 0.15) is 36.3 Å². The molecule has 1 aliphatic rings. The summed E-state index contributed by atoms with van der Waals surface area (Å²) in [5.74, 6) is -1.08. The van der Waals surface area contributed by atoms with Crippen molar-refractivity contribution in [1.29, 1.82) is 0 Å². The highest BCUT2D eigenvalue weighted by Crippen LogP contribution is 2.44. The molecule has 5 heteroatoms. The molecule has 3 rings (SSSR count). The van der Waals surface area contributed by atoms with Gasteiger partial charge in [0, 0.05) is 13.0 Å². The molecule has 5 nitrogen and oxygen atoms in total. The Balaban J connectivity index is 1.70. The number of aliphatic carboxylic acids is 1. The van der Waals surface area contributed by atoms with Crippen molar-refractivity contribution in [1.82, 2.24) is 4.90 Å². The van der Waals surface area contributed by atoms with E-state index in [1.165, 1.54) is 11.9 Å². The smallest absolute Gasteiger partial charge is 0.410 e. The zero-order valence-corrected chi connectivity index (χ0v) is 16.0. The number of carbonyl (C=O) groups is 2. The summed E-state index contributed by atoms with van der Waals surface area (Å²) >= 11 is 0. The number of carboxylic acid groups (broad SMARTS) is 1. The van der Waals surface area contributed by atoms with Gasteiger partial charge in [0.1, 0.15) is 12.6 Å². The number of nitrogens with zero attached hydrogens (tertiary/aromatic N) is 1. The van der Waals surface area contributed by atoms with Gasteiger partial charge >= 0.3 is 12.1 Å². The molecule has 0 saturated carbocycles. The molecule has 0 saturated heterocycles. The third kappa shape index (κ3) is 3.93. The van der Waals surface area contributed by atoms with Gasteiger partial charge in [0.25, 0.3) is 0 Å². The number of unbranched alkanes of at least 4 members (excludes halogenated alkanes) is 1. The van der Waals surface area contributed by atoms with Crippen molar-refractivity contribution in [2.75, 3.05) is 13.7 Å². The fraction of sp³-hybridized carbons (Fsp3) is 0.304. The largest absolute Gasteiger partial charge is 0.480 e. The van der Waals surface area contributed by atoms with Gasteiger partial charge in [0.05, 0.1) is 0 Å². The molecule has 0 bridgehead atoms. The molecular formula is C23H25NO4. The molecule has 0 fully saturated rings. The first-order valence-corrected chi connectivity index (χ1v) is 9.46. The lowest BCUT2D eigenvalue weighted by molar-refractivity contribution is -0.142. The van der Waals surface area contributed by atoms with Crippen molar-refractivity contribution < 1.29 is 19.4 Å². The highest BCUT2D eigenvalue weighted by Gasteiger charge is 2.31. The molecule has 1 amide bonds. The number of hydrogen-bond acceptors (Lipinski definition) is 3. The SMILES string of the molecule is C=CCCC[C@@H](C(=O)O)N(C)C(=O)OCC1c2ccccc2-c2ccccc21. The van der Waals surface area contributed by atoms with Gasteiger partial charge in [-0.2, -0.15) is 0 Å². The quantitative estimate of drug-likeness (QED) is 0.534. The molecule has 2 aromatic rings. The molecule has 2 aromatic carbocycles. The van der Waals surface area contributed by atoms with Gasteiger partial charge in [-0.25, -0.2) is 9.59 Å². The normalized spacial score (nSPS) is 13.3. The average Bonchev–Trinajstić information content (AvgIpc) is 3.02. The number of likely N-dealkylation sites (N-methyl/N-ethyl adjacent to an activating group) is 1. The molecule has 0 aliphatic heterocycles. The van der Waals surface area contributed by atoms with Crippen LogP contribution in [0.3, 0.4) is 0 Å². The monoisotopic (exact) mass is 379 g/mol. The molecule has 1 N–H and O–H groups in total. The summed E-state index contributed by atoms with van der Waals surface area (Å²) in [4.78, 5) is 25.3. The van der Waals surface area contributed by atoms with E-state index in [4.69, 9.17) is 4.74 Å². The van der Waals surface area contributed by atoms with Crippen LogP contribution in [-0.4, -0.2) is 41.8 Å². The van der Waals surface area contributed by atoms with Crippen LogP contribution in [0, 0.1) is 0 Å². The van der Waals surface area contributed by atoms with E-state index >= 15 is 0 Å². The lowest BCUT2D eigenvalue weighted by Gasteiger charge is -2.25. The lowest BCUT2D eigenvalue weighted by atomic mass is 9.98. The van der Waals surface area contributed by atoms with Gasteiger partial charge in [0.15, 0.2) is 0 Å². The highest BCUT2D eigenvalue weighted by molar-refractivity contribution is 5.81. The van der Waals surface area contributed by atoms with E-state index < -0.39 is 18.1 Å². The van der Waals surface area contributed by atoms with Crippen molar-refractivity contribution in [3.05, 3.63) is 72.3 Å². The summed E-state index contributed by atoms with van der Waals surface area (Å²) in [6.07, 6.45) is 2.85. The second-order valence-electron chi connectivity index (χ2n) is 6.99. The van der Waals surface area contributed by atoms with E-state index in [1.54, 1.807) is 6.08 Å². The first-order chi connectivity index (χ1) is 13.5. The zero-order valence-electron chi connectivity index (χ0n) is 16.0. The van der Waals surface area contributed by atoms with Crippen molar-refractivity contribution in [3.63, 3.8) is 0 Å².